The van der Waals surface area contributed by atoms with Gasteiger partial charge in [0.05, 0.1) is 20.4 Å². The lowest BCUT2D eigenvalue weighted by atomic mass is 10.1. The van der Waals surface area contributed by atoms with Crippen molar-refractivity contribution in [1.82, 2.24) is 14.9 Å². The third-order valence-electron chi connectivity index (χ3n) is 6.28. The lowest BCUT2D eigenvalue weighted by molar-refractivity contribution is 0.102. The van der Waals surface area contributed by atoms with Crippen molar-refractivity contribution in [2.75, 3.05) is 31.6 Å². The van der Waals surface area contributed by atoms with Gasteiger partial charge < -0.3 is 4.74 Å². The van der Waals surface area contributed by atoms with Crippen LogP contribution in [-0.2, 0) is 0 Å². The van der Waals surface area contributed by atoms with Gasteiger partial charge >= 0.3 is 0 Å². The molecule has 1 amide bonds. The van der Waals surface area contributed by atoms with Crippen LogP contribution in [0.1, 0.15) is 29.6 Å². The van der Waals surface area contributed by atoms with E-state index in [-0.39, 0.29) is 5.91 Å². The fraction of sp³-hybridized carbons (Fsp3) is 0.269. The van der Waals surface area contributed by atoms with Crippen molar-refractivity contribution in [3.63, 3.8) is 0 Å². The lowest BCUT2D eigenvalue weighted by Crippen LogP contribution is -2.33. The highest BCUT2D eigenvalue weighted by Gasteiger charge is 2.14. The standard InChI is InChI=1S/C26H24N4O2S2/c31-25(29-26-28-21-8-9-22-23(24(21)34-26)27-16-33-22)19-5-4-18-15-20(7-6-17(18)14-19)32-13-12-30-10-2-1-3-11-30/h4-9,14-16H,1-3,10-13H2,(H,28,29,31). The summed E-state index contributed by atoms with van der Waals surface area (Å²) in [5.74, 6) is 0.696. The van der Waals surface area contributed by atoms with Gasteiger partial charge in [0.25, 0.3) is 5.91 Å². The maximum Gasteiger partial charge on any atom is 0.257 e. The van der Waals surface area contributed by atoms with Gasteiger partial charge in [0, 0.05) is 12.1 Å². The van der Waals surface area contributed by atoms with Crippen LogP contribution in [0.5, 0.6) is 5.75 Å². The smallest absolute Gasteiger partial charge is 0.257 e. The van der Waals surface area contributed by atoms with Crippen molar-refractivity contribution in [1.29, 1.82) is 0 Å². The minimum absolute atomic E-state index is 0.169. The maximum absolute atomic E-state index is 12.9. The van der Waals surface area contributed by atoms with Gasteiger partial charge in [0.1, 0.15) is 17.9 Å². The van der Waals surface area contributed by atoms with E-state index >= 15 is 0 Å². The molecule has 0 aliphatic carbocycles. The molecular formula is C26H24N4O2S2. The second-order valence-corrected chi connectivity index (χ2v) is 10.4. The van der Waals surface area contributed by atoms with Crippen molar-refractivity contribution in [2.45, 2.75) is 19.3 Å². The Kier molecular flexibility index (Phi) is 5.86. The number of thiazole rings is 2. The Hall–Kier alpha value is -3.07. The molecule has 0 spiro atoms. The van der Waals surface area contributed by atoms with E-state index in [1.54, 1.807) is 11.3 Å². The summed E-state index contributed by atoms with van der Waals surface area (Å²) in [6.45, 7) is 4.02. The van der Waals surface area contributed by atoms with Crippen LogP contribution < -0.4 is 10.1 Å². The molecule has 172 valence electrons. The molecule has 0 bridgehead atoms. The number of anilines is 1. The minimum Gasteiger partial charge on any atom is -0.492 e. The SMILES string of the molecule is O=C(Nc1nc2ccc3scnc3c2s1)c1ccc2cc(OCCN3CCCCC3)ccc2c1. The first-order valence-corrected chi connectivity index (χ1v) is 13.3. The molecule has 1 aliphatic rings. The fourth-order valence-electron chi connectivity index (χ4n) is 4.47. The van der Waals surface area contributed by atoms with Gasteiger partial charge in [-0.2, -0.15) is 0 Å². The molecule has 1 saturated heterocycles. The van der Waals surface area contributed by atoms with Crippen molar-refractivity contribution in [3.05, 3.63) is 59.6 Å². The van der Waals surface area contributed by atoms with E-state index in [2.05, 4.69) is 20.2 Å². The number of carbonyl (C=O) groups excluding carboxylic acids is 1. The van der Waals surface area contributed by atoms with Crippen molar-refractivity contribution in [3.8, 4) is 5.75 Å². The zero-order valence-electron chi connectivity index (χ0n) is 18.6. The third-order valence-corrected chi connectivity index (χ3v) is 8.06. The number of fused-ring (bicyclic) bond motifs is 4. The zero-order chi connectivity index (χ0) is 22.9. The van der Waals surface area contributed by atoms with E-state index in [0.29, 0.717) is 17.3 Å². The minimum atomic E-state index is -0.169. The van der Waals surface area contributed by atoms with Crippen molar-refractivity contribution < 1.29 is 9.53 Å². The van der Waals surface area contributed by atoms with E-state index in [9.17, 15) is 4.79 Å². The average Bonchev–Trinajstić information content (AvgIpc) is 3.50. The second-order valence-electron chi connectivity index (χ2n) is 8.56. The number of piperidine rings is 1. The van der Waals surface area contributed by atoms with Crippen LogP contribution in [0.3, 0.4) is 0 Å². The Morgan fingerprint density at radius 3 is 2.79 bits per heavy atom. The molecule has 1 N–H and O–H groups in total. The number of likely N-dealkylation sites (tertiary alicyclic amines) is 1. The average molecular weight is 489 g/mol. The topological polar surface area (TPSA) is 67.3 Å². The molecule has 3 heterocycles. The first kappa shape index (κ1) is 21.5. The number of carbonyl (C=O) groups is 1. The highest BCUT2D eigenvalue weighted by Crippen LogP contribution is 2.33. The molecule has 2 aromatic heterocycles. The largest absolute Gasteiger partial charge is 0.492 e. The molecule has 5 aromatic rings. The highest BCUT2D eigenvalue weighted by molar-refractivity contribution is 7.24. The van der Waals surface area contributed by atoms with Gasteiger partial charge in [-0.1, -0.05) is 29.9 Å². The summed E-state index contributed by atoms with van der Waals surface area (Å²) in [4.78, 5) is 24.4. The van der Waals surface area contributed by atoms with Crippen LogP contribution in [0.25, 0.3) is 31.2 Å². The Bertz CT molecular complexity index is 1490. The molecular weight excluding hydrogens is 464 g/mol. The number of aromatic nitrogens is 2. The molecule has 1 fully saturated rings. The molecule has 0 saturated carbocycles. The van der Waals surface area contributed by atoms with Gasteiger partial charge in [-0.05, 0) is 73.1 Å². The Labute approximate surface area is 205 Å². The molecule has 0 unspecified atom stereocenters. The predicted molar refractivity (Wildman–Crippen MR) is 140 cm³/mol. The number of ether oxygens (including phenoxy) is 1. The first-order chi connectivity index (χ1) is 16.7. The van der Waals surface area contributed by atoms with Gasteiger partial charge in [0.2, 0.25) is 0 Å². The van der Waals surface area contributed by atoms with Gasteiger partial charge in [0.15, 0.2) is 5.13 Å². The third kappa shape index (κ3) is 4.36. The highest BCUT2D eigenvalue weighted by atomic mass is 32.1. The normalized spacial score (nSPS) is 14.7. The molecule has 3 aromatic carbocycles. The van der Waals surface area contributed by atoms with E-state index in [0.717, 1.165) is 43.5 Å². The predicted octanol–water partition coefficient (Wildman–Crippen LogP) is 6.18. The molecule has 1 aliphatic heterocycles. The van der Waals surface area contributed by atoms with Crippen LogP contribution in [0, 0.1) is 0 Å². The first-order valence-electron chi connectivity index (χ1n) is 11.6. The lowest BCUT2D eigenvalue weighted by Gasteiger charge is -2.26. The van der Waals surface area contributed by atoms with Crippen LogP contribution in [0.15, 0.2) is 54.0 Å². The summed E-state index contributed by atoms with van der Waals surface area (Å²) < 4.78 is 8.12. The zero-order valence-corrected chi connectivity index (χ0v) is 20.3. The quantitative estimate of drug-likeness (QED) is 0.309. The van der Waals surface area contributed by atoms with E-state index in [4.69, 9.17) is 4.74 Å². The second kappa shape index (κ2) is 9.29. The Balaban J connectivity index is 1.14. The Morgan fingerprint density at radius 2 is 1.88 bits per heavy atom. The van der Waals surface area contributed by atoms with Crippen LogP contribution >= 0.6 is 22.7 Å². The number of amides is 1. The molecule has 6 nitrogen and oxygen atoms in total. The summed E-state index contributed by atoms with van der Waals surface area (Å²) in [6.07, 6.45) is 3.93. The van der Waals surface area contributed by atoms with Crippen LogP contribution in [-0.4, -0.2) is 47.0 Å². The summed E-state index contributed by atoms with van der Waals surface area (Å²) in [5, 5.41) is 5.59. The fourth-order valence-corrected chi connectivity index (χ4v) is 6.17. The summed E-state index contributed by atoms with van der Waals surface area (Å²) in [6, 6.07) is 15.8. The number of hydrogen-bond acceptors (Lipinski definition) is 7. The number of hydrogen-bond donors (Lipinski definition) is 1. The maximum atomic E-state index is 12.9. The number of rotatable bonds is 6. The van der Waals surface area contributed by atoms with Crippen LogP contribution in [0.2, 0.25) is 0 Å². The molecule has 0 atom stereocenters. The van der Waals surface area contributed by atoms with Crippen molar-refractivity contribution in [2.24, 2.45) is 0 Å². The van der Waals surface area contributed by atoms with E-state index in [1.807, 2.05) is 54.0 Å². The van der Waals surface area contributed by atoms with E-state index < -0.39 is 0 Å². The molecule has 0 radical (unpaired) electrons. The van der Waals surface area contributed by atoms with Gasteiger partial charge in [-0.25, -0.2) is 9.97 Å². The van der Waals surface area contributed by atoms with Crippen molar-refractivity contribution >= 4 is 64.9 Å². The molecule has 34 heavy (non-hydrogen) atoms. The molecule has 6 rings (SSSR count). The Morgan fingerprint density at radius 1 is 1.03 bits per heavy atom. The van der Waals surface area contributed by atoms with Gasteiger partial charge in [-0.15, -0.1) is 11.3 Å². The monoisotopic (exact) mass is 488 g/mol. The van der Waals surface area contributed by atoms with Crippen LogP contribution in [0.4, 0.5) is 5.13 Å². The molecule has 8 heteroatoms. The summed E-state index contributed by atoms with van der Waals surface area (Å²) in [5.41, 5.74) is 4.23. The summed E-state index contributed by atoms with van der Waals surface area (Å²) >= 11 is 3.06. The van der Waals surface area contributed by atoms with E-state index in [1.165, 1.54) is 43.7 Å². The number of nitrogens with one attached hydrogen (secondary N) is 1. The summed E-state index contributed by atoms with van der Waals surface area (Å²) in [7, 11) is 0. The van der Waals surface area contributed by atoms with Gasteiger partial charge in [-0.3, -0.25) is 15.0 Å². The number of benzene rings is 3. The number of nitrogens with zero attached hydrogens (tertiary/aromatic N) is 3.